The van der Waals surface area contributed by atoms with E-state index in [-0.39, 0.29) is 17.5 Å². The first kappa shape index (κ1) is 16.5. The summed E-state index contributed by atoms with van der Waals surface area (Å²) >= 11 is 5.90. The number of benzene rings is 1. The number of piperidine rings is 1. The summed E-state index contributed by atoms with van der Waals surface area (Å²) in [7, 11) is 0. The molecule has 2 saturated heterocycles. The summed E-state index contributed by atoms with van der Waals surface area (Å²) in [5.74, 6) is 0.126. The van der Waals surface area contributed by atoms with E-state index in [1.165, 1.54) is 24.6 Å². The zero-order valence-electron chi connectivity index (χ0n) is 13.1. The van der Waals surface area contributed by atoms with Crippen LogP contribution in [0, 0.1) is 11.2 Å². The topological polar surface area (TPSA) is 41.6 Å². The number of rotatable bonds is 4. The number of hydrogen-bond acceptors (Lipinski definition) is 3. The number of nitrogens with one attached hydrogen (secondary N) is 1. The third kappa shape index (κ3) is 3.96. The third-order valence-corrected chi connectivity index (χ3v) is 5.27. The van der Waals surface area contributed by atoms with Gasteiger partial charge in [-0.05, 0) is 49.4 Å². The Morgan fingerprint density at radius 2 is 2.13 bits per heavy atom. The highest BCUT2D eigenvalue weighted by Gasteiger charge is 2.37. The first-order valence-corrected chi connectivity index (χ1v) is 8.52. The molecule has 126 valence electrons. The Morgan fingerprint density at radius 3 is 2.78 bits per heavy atom. The first-order valence-electron chi connectivity index (χ1n) is 8.14. The molecule has 6 heteroatoms. The van der Waals surface area contributed by atoms with Crippen molar-refractivity contribution < 1.29 is 13.9 Å². The quantitative estimate of drug-likeness (QED) is 0.916. The van der Waals surface area contributed by atoms with Crippen LogP contribution in [-0.4, -0.2) is 43.6 Å². The van der Waals surface area contributed by atoms with Crippen molar-refractivity contribution in [2.75, 3.05) is 32.8 Å². The van der Waals surface area contributed by atoms with Gasteiger partial charge in [0.15, 0.2) is 0 Å². The van der Waals surface area contributed by atoms with Gasteiger partial charge in [-0.3, -0.25) is 4.79 Å². The standard InChI is InChI=1S/C17H22ClFN2O2/c18-14-11-13(19)1-2-15(14)23-10-3-16(22)21-8-5-17(6-9-21)4-7-20-12-17/h1-2,11,20H,3-10,12H2. The van der Waals surface area contributed by atoms with Gasteiger partial charge in [-0.25, -0.2) is 4.39 Å². The summed E-state index contributed by atoms with van der Waals surface area (Å²) in [5.41, 5.74) is 0.412. The van der Waals surface area contributed by atoms with Gasteiger partial charge in [0.25, 0.3) is 0 Å². The monoisotopic (exact) mass is 340 g/mol. The molecule has 2 aliphatic rings. The predicted octanol–water partition coefficient (Wildman–Crippen LogP) is 2.85. The summed E-state index contributed by atoms with van der Waals surface area (Å²) in [6, 6.07) is 3.99. The fourth-order valence-corrected chi connectivity index (χ4v) is 3.67. The van der Waals surface area contributed by atoms with Crippen LogP contribution in [0.15, 0.2) is 18.2 Å². The molecule has 1 aromatic carbocycles. The lowest BCUT2D eigenvalue weighted by atomic mass is 9.78. The molecular weight excluding hydrogens is 319 g/mol. The Hall–Kier alpha value is -1.33. The number of carbonyl (C=O) groups is 1. The van der Waals surface area contributed by atoms with Crippen molar-refractivity contribution in [2.24, 2.45) is 5.41 Å². The second-order valence-electron chi connectivity index (χ2n) is 6.48. The van der Waals surface area contributed by atoms with E-state index in [1.807, 2.05) is 4.90 Å². The Bertz CT molecular complexity index is 566. The van der Waals surface area contributed by atoms with Gasteiger partial charge in [0.1, 0.15) is 11.6 Å². The van der Waals surface area contributed by atoms with Gasteiger partial charge < -0.3 is 15.0 Å². The van der Waals surface area contributed by atoms with Crippen molar-refractivity contribution >= 4 is 17.5 Å². The predicted molar refractivity (Wildman–Crippen MR) is 87.3 cm³/mol. The molecule has 1 N–H and O–H groups in total. The van der Waals surface area contributed by atoms with E-state index in [1.54, 1.807) is 0 Å². The normalized spacial score (nSPS) is 20.0. The van der Waals surface area contributed by atoms with Crippen LogP contribution in [0.1, 0.15) is 25.7 Å². The molecule has 23 heavy (non-hydrogen) atoms. The van der Waals surface area contributed by atoms with Gasteiger partial charge in [0.05, 0.1) is 18.1 Å². The Kier molecular flexibility index (Phi) is 5.07. The van der Waals surface area contributed by atoms with E-state index >= 15 is 0 Å². The van der Waals surface area contributed by atoms with Gasteiger partial charge in [-0.2, -0.15) is 0 Å². The molecule has 0 radical (unpaired) electrons. The van der Waals surface area contributed by atoms with Crippen molar-refractivity contribution in [1.29, 1.82) is 0 Å². The second kappa shape index (κ2) is 7.05. The number of amides is 1. The number of likely N-dealkylation sites (tertiary alicyclic amines) is 1. The van der Waals surface area contributed by atoms with E-state index < -0.39 is 5.82 Å². The maximum atomic E-state index is 13.0. The molecule has 1 spiro atoms. The smallest absolute Gasteiger partial charge is 0.225 e. The van der Waals surface area contributed by atoms with Crippen LogP contribution in [0.5, 0.6) is 5.75 Å². The van der Waals surface area contributed by atoms with Crippen LogP contribution in [0.25, 0.3) is 0 Å². The zero-order valence-corrected chi connectivity index (χ0v) is 13.9. The van der Waals surface area contributed by atoms with Crippen molar-refractivity contribution in [3.63, 3.8) is 0 Å². The molecule has 1 amide bonds. The fraction of sp³-hybridized carbons (Fsp3) is 0.588. The highest BCUT2D eigenvalue weighted by Crippen LogP contribution is 2.37. The molecule has 0 atom stereocenters. The fourth-order valence-electron chi connectivity index (χ4n) is 3.45. The minimum Gasteiger partial charge on any atom is -0.491 e. The van der Waals surface area contributed by atoms with Crippen LogP contribution in [-0.2, 0) is 4.79 Å². The molecule has 0 bridgehead atoms. The van der Waals surface area contributed by atoms with Crippen LogP contribution in [0.2, 0.25) is 5.02 Å². The van der Waals surface area contributed by atoms with Crippen LogP contribution < -0.4 is 10.1 Å². The van der Waals surface area contributed by atoms with Crippen molar-refractivity contribution in [3.8, 4) is 5.75 Å². The van der Waals surface area contributed by atoms with Gasteiger partial charge in [-0.1, -0.05) is 11.6 Å². The molecule has 3 rings (SSSR count). The van der Waals surface area contributed by atoms with E-state index in [2.05, 4.69) is 5.32 Å². The maximum absolute atomic E-state index is 13.0. The van der Waals surface area contributed by atoms with E-state index in [9.17, 15) is 9.18 Å². The summed E-state index contributed by atoms with van der Waals surface area (Å²) in [6.45, 7) is 4.10. The van der Waals surface area contributed by atoms with Crippen LogP contribution >= 0.6 is 11.6 Å². The lowest BCUT2D eigenvalue weighted by Crippen LogP contribution is -2.44. The largest absolute Gasteiger partial charge is 0.491 e. The van der Waals surface area contributed by atoms with Gasteiger partial charge in [0.2, 0.25) is 5.91 Å². The average Bonchev–Trinajstić information content (AvgIpc) is 2.98. The summed E-state index contributed by atoms with van der Waals surface area (Å²) in [5, 5.41) is 3.65. The van der Waals surface area contributed by atoms with Gasteiger partial charge >= 0.3 is 0 Å². The van der Waals surface area contributed by atoms with Crippen molar-refractivity contribution in [2.45, 2.75) is 25.7 Å². The van der Waals surface area contributed by atoms with Crippen molar-refractivity contribution in [3.05, 3.63) is 29.0 Å². The molecule has 2 fully saturated rings. The minimum absolute atomic E-state index is 0.115. The Morgan fingerprint density at radius 1 is 1.35 bits per heavy atom. The summed E-state index contributed by atoms with van der Waals surface area (Å²) in [6.07, 6.45) is 3.70. The molecule has 0 aliphatic carbocycles. The minimum atomic E-state index is -0.401. The number of hydrogen-bond donors (Lipinski definition) is 1. The lowest BCUT2D eigenvalue weighted by molar-refractivity contribution is -0.133. The highest BCUT2D eigenvalue weighted by molar-refractivity contribution is 6.32. The molecule has 0 saturated carbocycles. The van der Waals surface area contributed by atoms with Gasteiger partial charge in [-0.15, -0.1) is 0 Å². The highest BCUT2D eigenvalue weighted by atomic mass is 35.5. The molecule has 0 aromatic heterocycles. The molecular formula is C17H22ClFN2O2. The van der Waals surface area contributed by atoms with Gasteiger partial charge in [0, 0.05) is 19.6 Å². The number of halogens is 2. The van der Waals surface area contributed by atoms with E-state index in [0.717, 1.165) is 39.0 Å². The molecule has 1 aromatic rings. The first-order chi connectivity index (χ1) is 11.1. The number of nitrogens with zero attached hydrogens (tertiary/aromatic N) is 1. The average molecular weight is 341 g/mol. The Labute approximate surface area is 140 Å². The third-order valence-electron chi connectivity index (χ3n) is 4.98. The summed E-state index contributed by atoms with van der Waals surface area (Å²) < 4.78 is 18.5. The summed E-state index contributed by atoms with van der Waals surface area (Å²) in [4.78, 5) is 14.2. The van der Waals surface area contributed by atoms with E-state index in [0.29, 0.717) is 17.6 Å². The Balaban J connectivity index is 1.43. The van der Waals surface area contributed by atoms with Crippen molar-refractivity contribution in [1.82, 2.24) is 10.2 Å². The van der Waals surface area contributed by atoms with Crippen LogP contribution in [0.3, 0.4) is 0 Å². The number of ether oxygens (including phenoxy) is 1. The lowest BCUT2D eigenvalue weighted by Gasteiger charge is -2.38. The van der Waals surface area contributed by atoms with Crippen LogP contribution in [0.4, 0.5) is 4.39 Å². The molecule has 4 nitrogen and oxygen atoms in total. The molecule has 0 unspecified atom stereocenters. The molecule has 2 heterocycles. The second-order valence-corrected chi connectivity index (χ2v) is 6.89. The molecule has 2 aliphatic heterocycles. The zero-order chi connectivity index (χ0) is 16.3. The maximum Gasteiger partial charge on any atom is 0.225 e. The van der Waals surface area contributed by atoms with E-state index in [4.69, 9.17) is 16.3 Å². The number of carbonyl (C=O) groups excluding carboxylic acids is 1. The SMILES string of the molecule is O=C(CCOc1ccc(F)cc1Cl)N1CCC2(CCNC2)CC1.